The number of benzene rings is 1. The van der Waals surface area contributed by atoms with Gasteiger partial charge >= 0.3 is 0 Å². The van der Waals surface area contributed by atoms with Crippen molar-refractivity contribution >= 4 is 47.6 Å². The van der Waals surface area contributed by atoms with Crippen LogP contribution in [0, 0.1) is 5.82 Å². The smallest absolute Gasteiger partial charge is 0.234 e. The van der Waals surface area contributed by atoms with Crippen LogP contribution < -0.4 is 10.6 Å². The van der Waals surface area contributed by atoms with Crippen LogP contribution in [0.15, 0.2) is 34.2 Å². The Bertz CT molecular complexity index is 665. The zero-order valence-electron chi connectivity index (χ0n) is 16.2. The Labute approximate surface area is 187 Å². The van der Waals surface area contributed by atoms with E-state index in [2.05, 4.69) is 25.4 Å². The van der Waals surface area contributed by atoms with Crippen LogP contribution in [-0.4, -0.2) is 79.8 Å². The molecular formula is C19H29FIN5OS. The summed E-state index contributed by atoms with van der Waals surface area (Å²) in [7, 11) is 1.78. The predicted octanol–water partition coefficient (Wildman–Crippen LogP) is 2.01. The van der Waals surface area contributed by atoms with Gasteiger partial charge in [-0.3, -0.25) is 14.7 Å². The first kappa shape index (κ1) is 23.2. The quantitative estimate of drug-likeness (QED) is 0.189. The normalized spacial score (nSPS) is 17.8. The Morgan fingerprint density at radius 3 is 2.61 bits per heavy atom. The molecule has 2 aliphatic rings. The van der Waals surface area contributed by atoms with Gasteiger partial charge in [-0.15, -0.1) is 35.7 Å². The standard InChI is InChI=1S/C19H28FN5OS.HI/c1-21-19(22-8-13-27-17-5-3-2-4-16(17)20)25-11-9-24(10-12-25)14-18(26)23-15-6-7-15;/h2-5,15H,6-14H2,1H3,(H,21,22)(H,23,26);1H. The number of guanidine groups is 1. The van der Waals surface area contributed by atoms with Crippen LogP contribution in [0.3, 0.4) is 0 Å². The summed E-state index contributed by atoms with van der Waals surface area (Å²) in [6, 6.07) is 7.26. The molecule has 1 saturated carbocycles. The highest BCUT2D eigenvalue weighted by Gasteiger charge is 2.25. The molecule has 0 atom stereocenters. The van der Waals surface area contributed by atoms with Crippen molar-refractivity contribution in [2.45, 2.75) is 23.8 Å². The largest absolute Gasteiger partial charge is 0.355 e. The molecular weight excluding hydrogens is 492 g/mol. The second-order valence-electron chi connectivity index (χ2n) is 6.86. The molecule has 1 aliphatic heterocycles. The van der Waals surface area contributed by atoms with Crippen LogP contribution >= 0.6 is 35.7 Å². The first-order valence-corrected chi connectivity index (χ1v) is 10.5. The van der Waals surface area contributed by atoms with Crippen molar-refractivity contribution < 1.29 is 9.18 Å². The van der Waals surface area contributed by atoms with Gasteiger partial charge in [-0.25, -0.2) is 4.39 Å². The lowest BCUT2D eigenvalue weighted by Crippen LogP contribution is -2.54. The lowest BCUT2D eigenvalue weighted by Gasteiger charge is -2.36. The Balaban J connectivity index is 0.00000280. The van der Waals surface area contributed by atoms with E-state index < -0.39 is 0 Å². The third kappa shape index (κ3) is 7.40. The van der Waals surface area contributed by atoms with E-state index in [4.69, 9.17) is 0 Å². The first-order valence-electron chi connectivity index (χ1n) is 9.50. The van der Waals surface area contributed by atoms with Crippen LogP contribution in [0.2, 0.25) is 0 Å². The molecule has 28 heavy (non-hydrogen) atoms. The van der Waals surface area contributed by atoms with Gasteiger partial charge in [0.05, 0.1) is 6.54 Å². The third-order valence-electron chi connectivity index (χ3n) is 4.67. The second-order valence-corrected chi connectivity index (χ2v) is 7.99. The van der Waals surface area contributed by atoms with E-state index in [9.17, 15) is 9.18 Å². The number of nitrogens with zero attached hydrogens (tertiary/aromatic N) is 3. The summed E-state index contributed by atoms with van der Waals surface area (Å²) in [4.78, 5) is 21.3. The number of thioether (sulfide) groups is 1. The summed E-state index contributed by atoms with van der Waals surface area (Å²) in [5, 5.41) is 6.39. The van der Waals surface area contributed by atoms with E-state index in [1.165, 1.54) is 17.8 Å². The molecule has 1 aliphatic carbocycles. The maximum Gasteiger partial charge on any atom is 0.234 e. The summed E-state index contributed by atoms with van der Waals surface area (Å²) in [6.07, 6.45) is 2.24. The highest BCUT2D eigenvalue weighted by atomic mass is 127. The fourth-order valence-corrected chi connectivity index (χ4v) is 3.84. The summed E-state index contributed by atoms with van der Waals surface area (Å²) in [5.74, 6) is 1.60. The molecule has 0 spiro atoms. The number of hydrogen-bond donors (Lipinski definition) is 2. The molecule has 0 aromatic heterocycles. The molecule has 0 unspecified atom stereocenters. The van der Waals surface area contributed by atoms with Crippen LogP contribution in [0.25, 0.3) is 0 Å². The van der Waals surface area contributed by atoms with Gasteiger partial charge < -0.3 is 15.5 Å². The van der Waals surface area contributed by atoms with E-state index in [-0.39, 0.29) is 35.7 Å². The van der Waals surface area contributed by atoms with E-state index in [1.54, 1.807) is 19.2 Å². The maximum absolute atomic E-state index is 13.6. The van der Waals surface area contributed by atoms with Gasteiger partial charge in [0.2, 0.25) is 5.91 Å². The number of rotatable bonds is 7. The van der Waals surface area contributed by atoms with Crippen molar-refractivity contribution in [1.29, 1.82) is 0 Å². The molecule has 2 N–H and O–H groups in total. The second kappa shape index (κ2) is 11.8. The van der Waals surface area contributed by atoms with E-state index in [0.717, 1.165) is 57.3 Å². The van der Waals surface area contributed by atoms with Gasteiger partial charge in [-0.05, 0) is 25.0 Å². The third-order valence-corrected chi connectivity index (χ3v) is 5.72. The summed E-state index contributed by atoms with van der Waals surface area (Å²) in [5.41, 5.74) is 0. The fraction of sp³-hybridized carbons (Fsp3) is 0.579. The minimum Gasteiger partial charge on any atom is -0.355 e. The van der Waals surface area contributed by atoms with Gasteiger partial charge in [-0.1, -0.05) is 12.1 Å². The average molecular weight is 521 g/mol. The van der Waals surface area contributed by atoms with E-state index in [0.29, 0.717) is 17.5 Å². The van der Waals surface area contributed by atoms with Crippen LogP contribution in [0.1, 0.15) is 12.8 Å². The highest BCUT2D eigenvalue weighted by Crippen LogP contribution is 2.20. The number of amides is 1. The van der Waals surface area contributed by atoms with Crippen molar-refractivity contribution in [2.75, 3.05) is 52.1 Å². The predicted molar refractivity (Wildman–Crippen MR) is 123 cm³/mol. The highest BCUT2D eigenvalue weighted by molar-refractivity contribution is 14.0. The van der Waals surface area contributed by atoms with Crippen molar-refractivity contribution in [2.24, 2.45) is 4.99 Å². The first-order chi connectivity index (χ1) is 13.2. The Kier molecular flexibility index (Phi) is 9.80. The van der Waals surface area contributed by atoms with E-state index in [1.807, 2.05) is 6.07 Å². The number of carbonyl (C=O) groups is 1. The van der Waals surface area contributed by atoms with Crippen molar-refractivity contribution in [3.8, 4) is 0 Å². The zero-order valence-corrected chi connectivity index (χ0v) is 19.3. The molecule has 3 rings (SSSR count). The summed E-state index contributed by atoms with van der Waals surface area (Å²) >= 11 is 1.50. The topological polar surface area (TPSA) is 60.0 Å². The number of piperazine rings is 1. The number of hydrogen-bond acceptors (Lipinski definition) is 4. The monoisotopic (exact) mass is 521 g/mol. The molecule has 2 fully saturated rings. The fourth-order valence-electron chi connectivity index (χ4n) is 3.04. The van der Waals surface area contributed by atoms with Gasteiger partial charge in [-0.2, -0.15) is 0 Å². The van der Waals surface area contributed by atoms with Gasteiger partial charge in [0.15, 0.2) is 5.96 Å². The Morgan fingerprint density at radius 1 is 1.25 bits per heavy atom. The molecule has 1 heterocycles. The molecule has 1 saturated heterocycles. The van der Waals surface area contributed by atoms with Gasteiger partial charge in [0.1, 0.15) is 5.82 Å². The minimum atomic E-state index is -0.172. The molecule has 9 heteroatoms. The molecule has 1 aromatic carbocycles. The maximum atomic E-state index is 13.6. The van der Waals surface area contributed by atoms with Crippen molar-refractivity contribution in [3.05, 3.63) is 30.1 Å². The van der Waals surface area contributed by atoms with E-state index >= 15 is 0 Å². The van der Waals surface area contributed by atoms with Gasteiger partial charge in [0, 0.05) is 56.5 Å². The lowest BCUT2D eigenvalue weighted by molar-refractivity contribution is -0.122. The number of aliphatic imine (C=N–C) groups is 1. The number of carbonyl (C=O) groups excluding carboxylic acids is 1. The summed E-state index contributed by atoms with van der Waals surface area (Å²) in [6.45, 7) is 4.59. The van der Waals surface area contributed by atoms with Crippen molar-refractivity contribution in [1.82, 2.24) is 20.4 Å². The Morgan fingerprint density at radius 2 is 1.96 bits per heavy atom. The van der Waals surface area contributed by atoms with Crippen LogP contribution in [0.5, 0.6) is 0 Å². The lowest BCUT2D eigenvalue weighted by atomic mass is 10.3. The average Bonchev–Trinajstić information content (AvgIpc) is 3.48. The molecule has 1 amide bonds. The Hall–Kier alpha value is -1.07. The molecule has 6 nitrogen and oxygen atoms in total. The SMILES string of the molecule is CN=C(NCCSc1ccccc1F)N1CCN(CC(=O)NC2CC2)CC1.I. The van der Waals surface area contributed by atoms with Crippen LogP contribution in [0.4, 0.5) is 4.39 Å². The number of halogens is 2. The van der Waals surface area contributed by atoms with Crippen LogP contribution in [-0.2, 0) is 4.79 Å². The van der Waals surface area contributed by atoms with Gasteiger partial charge in [0.25, 0.3) is 0 Å². The molecule has 0 bridgehead atoms. The van der Waals surface area contributed by atoms with Crippen molar-refractivity contribution in [3.63, 3.8) is 0 Å². The number of nitrogens with one attached hydrogen (secondary N) is 2. The summed E-state index contributed by atoms with van der Waals surface area (Å²) < 4.78 is 13.6. The minimum absolute atomic E-state index is 0. The molecule has 1 aromatic rings. The molecule has 0 radical (unpaired) electrons. The zero-order chi connectivity index (χ0) is 19.1. The molecule has 156 valence electrons.